The van der Waals surface area contributed by atoms with Gasteiger partial charge in [0.15, 0.2) is 6.29 Å². The van der Waals surface area contributed by atoms with Crippen LogP contribution in [0.4, 0.5) is 0 Å². The van der Waals surface area contributed by atoms with Gasteiger partial charge in [-0.2, -0.15) is 0 Å². The van der Waals surface area contributed by atoms with Crippen molar-refractivity contribution in [2.45, 2.75) is 281 Å². The highest BCUT2D eigenvalue weighted by molar-refractivity contribution is 5.76. The molecule has 0 aromatic rings. The van der Waals surface area contributed by atoms with Crippen molar-refractivity contribution in [3.63, 3.8) is 0 Å². The molecule has 0 aliphatic carbocycles. The molecule has 1 aliphatic rings. The van der Waals surface area contributed by atoms with Gasteiger partial charge in [-0.1, -0.05) is 219 Å². The second-order valence-corrected chi connectivity index (χ2v) is 17.3. The predicted octanol–water partition coefficient (Wildman–Crippen LogP) is 10.3. The Bertz CT molecular complexity index is 847. The minimum Gasteiger partial charge on any atom is -0.394 e. The van der Waals surface area contributed by atoms with Gasteiger partial charge >= 0.3 is 0 Å². The molecule has 0 aromatic carbocycles. The lowest BCUT2D eigenvalue weighted by atomic mass is 9.99. The summed E-state index contributed by atoms with van der Waals surface area (Å²) >= 11 is 0. The number of ether oxygens (including phenoxy) is 2. The second-order valence-electron chi connectivity index (χ2n) is 17.3. The normalized spacial score (nSPS) is 21.0. The zero-order chi connectivity index (χ0) is 40.9. The summed E-state index contributed by atoms with van der Waals surface area (Å²) in [4.78, 5) is 12.9. The Kier molecular flexibility index (Phi) is 36.5. The molecule has 1 saturated heterocycles. The number of unbranched alkanes of at least 4 members (excludes halogenated alkanes) is 31. The summed E-state index contributed by atoms with van der Waals surface area (Å²) in [7, 11) is 0. The highest BCUT2D eigenvalue weighted by Gasteiger charge is 2.44. The molecule has 1 amide bonds. The molecule has 1 fully saturated rings. The maximum absolute atomic E-state index is 12.9. The summed E-state index contributed by atoms with van der Waals surface area (Å²) in [5.74, 6) is -0.143. The summed E-state index contributed by atoms with van der Waals surface area (Å²) < 4.78 is 11.2. The largest absolute Gasteiger partial charge is 0.394 e. The average Bonchev–Trinajstić information content (AvgIpc) is 3.20. The Morgan fingerprint density at radius 1 is 0.536 bits per heavy atom. The number of carbonyl (C=O) groups excluding carboxylic acids is 1. The third kappa shape index (κ3) is 28.6. The number of aliphatic hydroxyl groups is 5. The third-order valence-electron chi connectivity index (χ3n) is 12.0. The molecule has 334 valence electrons. The Morgan fingerprint density at radius 2 is 0.893 bits per heavy atom. The fourth-order valence-electron chi connectivity index (χ4n) is 8.04. The Balaban J connectivity index is 2.10. The molecule has 56 heavy (non-hydrogen) atoms. The maximum Gasteiger partial charge on any atom is 0.220 e. The van der Waals surface area contributed by atoms with E-state index in [1.807, 2.05) is 0 Å². The van der Waals surface area contributed by atoms with Crippen molar-refractivity contribution >= 4 is 5.91 Å². The predicted molar refractivity (Wildman–Crippen MR) is 231 cm³/mol. The Hall–Kier alpha value is -0.810. The minimum atomic E-state index is -1.55. The van der Waals surface area contributed by atoms with Crippen LogP contribution in [0.5, 0.6) is 0 Å². The Labute approximate surface area is 344 Å². The maximum atomic E-state index is 12.9. The molecule has 0 bridgehead atoms. The van der Waals surface area contributed by atoms with E-state index in [0.29, 0.717) is 12.8 Å². The van der Waals surface area contributed by atoms with Gasteiger partial charge in [0.25, 0.3) is 0 Å². The van der Waals surface area contributed by atoms with Gasteiger partial charge in [0.1, 0.15) is 24.4 Å². The van der Waals surface area contributed by atoms with Crippen molar-refractivity contribution in [2.24, 2.45) is 0 Å². The molecular weight excluding hydrogens is 707 g/mol. The van der Waals surface area contributed by atoms with Crippen LogP contribution in [0.3, 0.4) is 0 Å². The summed E-state index contributed by atoms with van der Waals surface area (Å²) in [5, 5.41) is 54.1. The van der Waals surface area contributed by atoms with E-state index in [0.717, 1.165) is 38.5 Å². The summed E-state index contributed by atoms with van der Waals surface area (Å²) in [5.41, 5.74) is 0. The van der Waals surface area contributed by atoms with Crippen LogP contribution in [-0.4, -0.2) is 87.5 Å². The first-order valence-electron chi connectivity index (χ1n) is 24.2. The van der Waals surface area contributed by atoms with Crippen molar-refractivity contribution in [1.29, 1.82) is 0 Å². The van der Waals surface area contributed by atoms with E-state index in [1.165, 1.54) is 173 Å². The number of aliphatic hydroxyl groups excluding tert-OH is 5. The van der Waals surface area contributed by atoms with Gasteiger partial charge in [-0.25, -0.2) is 0 Å². The smallest absolute Gasteiger partial charge is 0.220 e. The molecule has 0 saturated carbocycles. The van der Waals surface area contributed by atoms with Gasteiger partial charge in [0.05, 0.1) is 25.4 Å². The lowest BCUT2D eigenvalue weighted by Crippen LogP contribution is -2.60. The fourth-order valence-corrected chi connectivity index (χ4v) is 8.04. The van der Waals surface area contributed by atoms with E-state index in [2.05, 4.69) is 19.2 Å². The first-order valence-corrected chi connectivity index (χ1v) is 24.2. The van der Waals surface area contributed by atoms with Gasteiger partial charge in [-0.3, -0.25) is 4.79 Å². The van der Waals surface area contributed by atoms with Gasteiger partial charge in [0.2, 0.25) is 5.91 Å². The molecule has 1 heterocycles. The van der Waals surface area contributed by atoms with Crippen LogP contribution in [0.1, 0.15) is 239 Å². The zero-order valence-corrected chi connectivity index (χ0v) is 36.7. The molecule has 7 unspecified atom stereocenters. The van der Waals surface area contributed by atoms with Crippen LogP contribution in [0.25, 0.3) is 0 Å². The zero-order valence-electron chi connectivity index (χ0n) is 36.7. The SMILES string of the molecule is CCCCCCCCCCCCCCCCCCCCCCCCCCCCC(=O)NC(COC1OC(CO)C(O)C(O)C1O)C(O)CCCCCCCCC. The Morgan fingerprint density at radius 3 is 1.27 bits per heavy atom. The molecule has 0 radical (unpaired) electrons. The number of amides is 1. The third-order valence-corrected chi connectivity index (χ3v) is 12.0. The quantitative estimate of drug-likeness (QED) is 0.0335. The molecule has 9 nitrogen and oxygen atoms in total. The molecule has 9 heteroatoms. The van der Waals surface area contributed by atoms with Crippen LogP contribution in [0.2, 0.25) is 0 Å². The lowest BCUT2D eigenvalue weighted by molar-refractivity contribution is -0.302. The fraction of sp³-hybridized carbons (Fsp3) is 0.979. The molecular formula is C47H93NO8. The summed E-state index contributed by atoms with van der Waals surface area (Å²) in [6, 6.07) is -0.709. The highest BCUT2D eigenvalue weighted by atomic mass is 16.7. The molecule has 1 aliphatic heterocycles. The van der Waals surface area contributed by atoms with E-state index < -0.39 is 49.5 Å². The van der Waals surface area contributed by atoms with Crippen LogP contribution in [0.15, 0.2) is 0 Å². The van der Waals surface area contributed by atoms with Crippen molar-refractivity contribution in [3.05, 3.63) is 0 Å². The van der Waals surface area contributed by atoms with E-state index in [9.17, 15) is 30.3 Å². The van der Waals surface area contributed by atoms with Crippen LogP contribution in [0, 0.1) is 0 Å². The van der Waals surface area contributed by atoms with Crippen molar-refractivity contribution in [1.82, 2.24) is 5.32 Å². The first-order chi connectivity index (χ1) is 27.3. The lowest BCUT2D eigenvalue weighted by Gasteiger charge is -2.40. The number of nitrogens with one attached hydrogen (secondary N) is 1. The molecule has 7 atom stereocenters. The number of rotatable bonds is 41. The molecule has 0 spiro atoms. The van der Waals surface area contributed by atoms with Gasteiger partial charge in [0, 0.05) is 6.42 Å². The molecule has 0 aromatic heterocycles. The van der Waals surface area contributed by atoms with E-state index in [1.54, 1.807) is 0 Å². The first kappa shape index (κ1) is 53.2. The van der Waals surface area contributed by atoms with E-state index >= 15 is 0 Å². The number of hydrogen-bond donors (Lipinski definition) is 6. The average molecular weight is 800 g/mol. The number of hydrogen-bond acceptors (Lipinski definition) is 8. The topological polar surface area (TPSA) is 149 Å². The van der Waals surface area contributed by atoms with E-state index in [-0.39, 0.29) is 12.5 Å². The second kappa shape index (κ2) is 38.4. The molecule has 1 rings (SSSR count). The minimum absolute atomic E-state index is 0.133. The van der Waals surface area contributed by atoms with Crippen LogP contribution in [-0.2, 0) is 14.3 Å². The standard InChI is InChI=1S/C47H93NO8/c1-3-5-7-9-11-12-13-14-15-16-17-18-19-20-21-22-23-24-25-26-27-28-29-31-33-35-37-43(51)48-40(41(50)36-34-32-30-10-8-6-4-2)39-55-47-46(54)45(53)44(52)42(38-49)56-47/h40-42,44-47,49-50,52-54H,3-39H2,1-2H3,(H,48,51). The van der Waals surface area contributed by atoms with Crippen LogP contribution < -0.4 is 5.32 Å². The van der Waals surface area contributed by atoms with Crippen molar-refractivity contribution in [3.8, 4) is 0 Å². The van der Waals surface area contributed by atoms with Crippen LogP contribution >= 0.6 is 0 Å². The van der Waals surface area contributed by atoms with Gasteiger partial charge < -0.3 is 40.3 Å². The molecule has 6 N–H and O–H groups in total. The number of carbonyl (C=O) groups is 1. The highest BCUT2D eigenvalue weighted by Crippen LogP contribution is 2.23. The van der Waals surface area contributed by atoms with Crippen molar-refractivity contribution in [2.75, 3.05) is 13.2 Å². The summed E-state index contributed by atoms with van der Waals surface area (Å²) in [6.45, 7) is 3.80. The van der Waals surface area contributed by atoms with Gasteiger partial charge in [-0.05, 0) is 12.8 Å². The van der Waals surface area contributed by atoms with Crippen molar-refractivity contribution < 1.29 is 39.8 Å². The monoisotopic (exact) mass is 800 g/mol. The summed E-state index contributed by atoms with van der Waals surface area (Å²) in [6.07, 6.45) is 35.9. The van der Waals surface area contributed by atoms with E-state index in [4.69, 9.17) is 9.47 Å². The van der Waals surface area contributed by atoms with Gasteiger partial charge in [-0.15, -0.1) is 0 Å².